The van der Waals surface area contributed by atoms with Gasteiger partial charge in [0.1, 0.15) is 32.8 Å². The number of rotatable bonds is 8. The van der Waals surface area contributed by atoms with Gasteiger partial charge in [0.15, 0.2) is 0 Å². The summed E-state index contributed by atoms with van der Waals surface area (Å²) in [6.45, 7) is 1.35. The summed E-state index contributed by atoms with van der Waals surface area (Å²) >= 11 is 0. The molecule has 0 unspecified atom stereocenters. The van der Waals surface area contributed by atoms with Crippen LogP contribution in [0.2, 0.25) is 0 Å². The molecular formula is C17H21BFN3O2. The van der Waals surface area contributed by atoms with Crippen LogP contribution in [0.3, 0.4) is 0 Å². The lowest BCUT2D eigenvalue weighted by Gasteiger charge is -2.04. The van der Waals surface area contributed by atoms with E-state index in [0.29, 0.717) is 5.69 Å². The molecular weight excluding hydrogens is 308 g/mol. The molecule has 1 rings (SSSR count). The Labute approximate surface area is 142 Å². The van der Waals surface area contributed by atoms with E-state index in [4.69, 9.17) is 10.00 Å². The van der Waals surface area contributed by atoms with Crippen molar-refractivity contribution in [3.05, 3.63) is 46.5 Å². The lowest BCUT2D eigenvalue weighted by Crippen LogP contribution is -2.09. The number of carbonyl (C=O) groups excluding carboxylic acids is 1. The predicted molar refractivity (Wildman–Crippen MR) is 95.7 cm³/mol. The van der Waals surface area contributed by atoms with Crippen LogP contribution < -0.4 is 0 Å². The Kier molecular flexibility index (Phi) is 7.57. The maximum atomic E-state index is 12.5. The van der Waals surface area contributed by atoms with Crippen molar-refractivity contribution in [3.63, 3.8) is 0 Å². The number of halogens is 1. The number of Topliss-reactive ketones (excluding diaryl/α,β-unsaturated/α-hetero) is 1. The topological polar surface area (TPSA) is 69.1 Å². The lowest BCUT2D eigenvalue weighted by atomic mass is 9.96. The average molecular weight is 329 g/mol. The van der Waals surface area contributed by atoms with Crippen molar-refractivity contribution in [3.8, 4) is 6.07 Å². The largest absolute Gasteiger partial charge is 0.498 e. The minimum Gasteiger partial charge on any atom is -0.498 e. The fourth-order valence-corrected chi connectivity index (χ4v) is 1.93. The van der Waals surface area contributed by atoms with Gasteiger partial charge in [-0.15, -0.1) is 5.47 Å². The molecule has 0 spiro atoms. The molecule has 1 aromatic heterocycles. The molecule has 24 heavy (non-hydrogen) atoms. The highest BCUT2D eigenvalue weighted by atomic mass is 19.1. The number of nitrogens with one attached hydrogen (secondary N) is 1. The van der Waals surface area contributed by atoms with E-state index in [1.54, 1.807) is 31.1 Å². The van der Waals surface area contributed by atoms with Crippen LogP contribution in [0.25, 0.3) is 12.2 Å². The van der Waals surface area contributed by atoms with Gasteiger partial charge in [-0.3, -0.25) is 4.79 Å². The Balaban J connectivity index is 3.20. The van der Waals surface area contributed by atoms with Crippen LogP contribution in [0.15, 0.2) is 29.6 Å². The van der Waals surface area contributed by atoms with Gasteiger partial charge in [-0.2, -0.15) is 5.26 Å². The first-order chi connectivity index (χ1) is 11.4. The third-order valence-electron chi connectivity index (χ3n) is 2.85. The maximum Gasteiger partial charge on any atom is 0.221 e. The minimum absolute atomic E-state index is 0.0190. The summed E-state index contributed by atoms with van der Waals surface area (Å²) in [7, 11) is 5.41. The van der Waals surface area contributed by atoms with Crippen LogP contribution in [-0.2, 0) is 4.74 Å². The summed E-state index contributed by atoms with van der Waals surface area (Å²) in [5.41, 5.74) is 2.83. The average Bonchev–Trinajstić information content (AvgIpc) is 2.90. The van der Waals surface area contributed by atoms with Gasteiger partial charge in [-0.25, -0.2) is 4.39 Å². The molecule has 5 nitrogen and oxygen atoms in total. The van der Waals surface area contributed by atoms with Gasteiger partial charge in [-0.1, -0.05) is 6.92 Å². The summed E-state index contributed by atoms with van der Waals surface area (Å²) in [5.74, 6) is -0.390. The van der Waals surface area contributed by atoms with Crippen LogP contribution in [0.5, 0.6) is 0 Å². The summed E-state index contributed by atoms with van der Waals surface area (Å²) < 4.78 is 17.0. The first kappa shape index (κ1) is 19.3. The smallest absolute Gasteiger partial charge is 0.221 e. The number of carbonyl (C=O) groups is 1. The van der Waals surface area contributed by atoms with Gasteiger partial charge in [0.05, 0.1) is 12.0 Å². The first-order valence-electron chi connectivity index (χ1n) is 7.44. The lowest BCUT2D eigenvalue weighted by molar-refractivity contribution is 0.103. The molecule has 7 heteroatoms. The Morgan fingerprint density at radius 2 is 2.25 bits per heavy atom. The quantitative estimate of drug-likeness (QED) is 0.198. The van der Waals surface area contributed by atoms with E-state index >= 15 is 0 Å². The zero-order chi connectivity index (χ0) is 18.1. The second-order valence-corrected chi connectivity index (χ2v) is 5.58. The van der Waals surface area contributed by atoms with E-state index in [1.165, 1.54) is 12.5 Å². The van der Waals surface area contributed by atoms with Crippen molar-refractivity contribution < 1.29 is 13.9 Å². The van der Waals surface area contributed by atoms with Crippen molar-refractivity contribution in [2.75, 3.05) is 27.4 Å². The number of ketones is 1. The van der Waals surface area contributed by atoms with Gasteiger partial charge in [0, 0.05) is 31.6 Å². The molecule has 0 saturated heterocycles. The number of aromatic nitrogens is 1. The molecule has 0 amide bonds. The predicted octanol–water partition coefficient (Wildman–Crippen LogP) is 2.12. The fraction of sp³-hybridized carbons (Fsp3) is 0.294. The van der Waals surface area contributed by atoms with E-state index in [-0.39, 0.29) is 18.0 Å². The maximum absolute atomic E-state index is 12.5. The third kappa shape index (κ3) is 5.80. The monoisotopic (exact) mass is 329 g/mol. The van der Waals surface area contributed by atoms with E-state index in [2.05, 4.69) is 4.98 Å². The zero-order valence-electron chi connectivity index (χ0n) is 14.4. The van der Waals surface area contributed by atoms with E-state index in [0.717, 1.165) is 16.7 Å². The molecule has 0 aliphatic heterocycles. The Morgan fingerprint density at radius 1 is 1.54 bits per heavy atom. The molecule has 0 aliphatic carbocycles. The highest BCUT2D eigenvalue weighted by Crippen LogP contribution is 2.18. The van der Waals surface area contributed by atoms with Crippen LogP contribution in [0.4, 0.5) is 4.39 Å². The van der Waals surface area contributed by atoms with Gasteiger partial charge < -0.3 is 14.6 Å². The molecule has 1 aromatic rings. The van der Waals surface area contributed by atoms with Gasteiger partial charge >= 0.3 is 0 Å². The minimum atomic E-state index is -0.567. The van der Waals surface area contributed by atoms with Crippen LogP contribution >= 0.6 is 0 Å². The molecule has 0 saturated carbocycles. The van der Waals surface area contributed by atoms with Crippen molar-refractivity contribution in [2.45, 2.75) is 6.92 Å². The molecule has 126 valence electrons. The van der Waals surface area contributed by atoms with Gasteiger partial charge in [0.2, 0.25) is 5.78 Å². The van der Waals surface area contributed by atoms with Crippen LogP contribution in [0, 0.1) is 11.3 Å². The highest BCUT2D eigenvalue weighted by Gasteiger charge is 2.16. The van der Waals surface area contributed by atoms with Crippen molar-refractivity contribution in [1.29, 1.82) is 5.26 Å². The zero-order valence-corrected chi connectivity index (χ0v) is 14.4. The SMILES string of the molecule is B/C(C)=C/c1[nH]c(C(=O)/C(C#N)=C/N(C)C)cc1/C=C/OCCF. The first-order valence-corrected chi connectivity index (χ1v) is 7.44. The number of hydrogen-bond donors (Lipinski definition) is 1. The van der Waals surface area contributed by atoms with Gasteiger partial charge in [-0.05, 0) is 18.2 Å². The third-order valence-corrected chi connectivity index (χ3v) is 2.85. The number of alkyl halides is 1. The highest BCUT2D eigenvalue weighted by molar-refractivity contribution is 6.23. The number of allylic oxidation sites excluding steroid dienone is 2. The molecule has 0 bridgehead atoms. The van der Waals surface area contributed by atoms with Crippen molar-refractivity contribution in [1.82, 2.24) is 9.88 Å². The van der Waals surface area contributed by atoms with Crippen molar-refractivity contribution in [2.24, 2.45) is 0 Å². The van der Waals surface area contributed by atoms with E-state index < -0.39 is 6.67 Å². The molecule has 0 aromatic carbocycles. The molecule has 0 aliphatic rings. The Morgan fingerprint density at radius 3 is 2.79 bits per heavy atom. The molecule has 1 N–H and O–H groups in total. The molecule has 0 atom stereocenters. The number of nitrogens with zero attached hydrogens (tertiary/aromatic N) is 2. The summed E-state index contributed by atoms with van der Waals surface area (Å²) in [4.78, 5) is 17.1. The second-order valence-electron chi connectivity index (χ2n) is 5.58. The number of nitriles is 1. The van der Waals surface area contributed by atoms with E-state index in [9.17, 15) is 9.18 Å². The number of hydrogen-bond acceptors (Lipinski definition) is 4. The Hall–Kier alpha value is -2.75. The fourth-order valence-electron chi connectivity index (χ4n) is 1.93. The van der Waals surface area contributed by atoms with Gasteiger partial charge in [0.25, 0.3) is 0 Å². The van der Waals surface area contributed by atoms with Crippen LogP contribution in [0.1, 0.15) is 28.7 Å². The number of aromatic amines is 1. The Bertz CT molecular complexity index is 708. The van der Waals surface area contributed by atoms with E-state index in [1.807, 2.05) is 26.9 Å². The summed E-state index contributed by atoms with van der Waals surface area (Å²) in [5, 5.41) is 9.17. The normalized spacial score (nSPS) is 12.3. The molecule has 1 heterocycles. The van der Waals surface area contributed by atoms with Crippen LogP contribution in [-0.4, -0.2) is 50.9 Å². The van der Waals surface area contributed by atoms with Crippen molar-refractivity contribution >= 4 is 25.8 Å². The standard InChI is InChI=1S/C17H21BFN3O2/c1-12(18)8-15-13(4-6-24-7-5-19)9-16(21-15)17(23)14(10-20)11-22(2)3/h4,6,8-9,11,21H,5,7,18H2,1-3H3/b6-4+,12-8+,14-11+. The summed E-state index contributed by atoms with van der Waals surface area (Å²) in [6.07, 6.45) is 6.40. The second kappa shape index (κ2) is 9.41. The summed E-state index contributed by atoms with van der Waals surface area (Å²) in [6, 6.07) is 3.56. The molecule has 0 fully saturated rings. The molecule has 0 radical (unpaired) electrons. The number of ether oxygens (including phenoxy) is 1. The number of H-pyrrole nitrogens is 1.